The highest BCUT2D eigenvalue weighted by Gasteiger charge is 2.46. The first-order valence-electron chi connectivity index (χ1n) is 9.93. The van der Waals surface area contributed by atoms with Crippen molar-refractivity contribution in [3.63, 3.8) is 0 Å². The van der Waals surface area contributed by atoms with Crippen LogP contribution in [0.5, 0.6) is 0 Å². The molecule has 0 aliphatic carbocycles. The third-order valence-corrected chi connectivity index (χ3v) is 7.66. The molecule has 5 atom stereocenters. The van der Waals surface area contributed by atoms with E-state index in [9.17, 15) is 9.90 Å². The topological polar surface area (TPSA) is 57.5 Å². The lowest BCUT2D eigenvalue weighted by atomic mass is 9.76. The van der Waals surface area contributed by atoms with Crippen molar-refractivity contribution in [3.8, 4) is 0 Å². The molecule has 1 aromatic rings. The Morgan fingerprint density at radius 2 is 1.85 bits per heavy atom. The quantitative estimate of drug-likeness (QED) is 0.436. The van der Waals surface area contributed by atoms with E-state index in [-0.39, 0.29) is 0 Å². The number of carboxylic acid groups (broad SMARTS) is 1. The van der Waals surface area contributed by atoms with Crippen LogP contribution in [0.1, 0.15) is 63.0 Å². The van der Waals surface area contributed by atoms with Gasteiger partial charge in [-0.15, -0.1) is 0 Å². The molecule has 2 aliphatic rings. The van der Waals surface area contributed by atoms with E-state index in [2.05, 4.69) is 17.8 Å². The first kappa shape index (κ1) is 19.5. The molecule has 2 N–H and O–H groups in total. The number of hydrogen-bond donors (Lipinski definition) is 2. The summed E-state index contributed by atoms with van der Waals surface area (Å²) < 4.78 is 0. The standard InChI is InChI=1S/C22H30O3S/c23-19(16-8-4-3-5-9-16)13-12-18-17(20-14-15-21(18)26-20)10-6-1-2-7-11-22(24)25/h3-5,8-9,12-13,17-21,23H,1-2,6-7,10-11,14-15H2,(H,24,25)/t17-,18+,19?,20-,21+/m1/s1. The van der Waals surface area contributed by atoms with Crippen LogP contribution in [0.4, 0.5) is 0 Å². The lowest BCUT2D eigenvalue weighted by molar-refractivity contribution is -0.137. The molecule has 2 saturated heterocycles. The first-order valence-corrected chi connectivity index (χ1v) is 10.9. The number of unbranched alkanes of at least 4 members (excludes halogenated alkanes) is 3. The molecule has 2 heterocycles. The van der Waals surface area contributed by atoms with Crippen molar-refractivity contribution in [2.24, 2.45) is 11.8 Å². The van der Waals surface area contributed by atoms with Gasteiger partial charge in [0.25, 0.3) is 0 Å². The highest BCUT2D eigenvalue weighted by atomic mass is 32.2. The molecule has 0 aromatic heterocycles. The zero-order chi connectivity index (χ0) is 18.4. The number of aliphatic hydroxyl groups excluding tert-OH is 1. The molecule has 26 heavy (non-hydrogen) atoms. The molecule has 0 amide bonds. The molecule has 1 aromatic carbocycles. The van der Waals surface area contributed by atoms with E-state index in [0.717, 1.165) is 41.2 Å². The first-order chi connectivity index (χ1) is 12.6. The van der Waals surface area contributed by atoms with Crippen LogP contribution in [-0.2, 0) is 4.79 Å². The van der Waals surface area contributed by atoms with Crippen molar-refractivity contribution >= 4 is 17.7 Å². The Hall–Kier alpha value is -1.26. The summed E-state index contributed by atoms with van der Waals surface area (Å²) in [4.78, 5) is 10.6. The van der Waals surface area contributed by atoms with Crippen LogP contribution in [0.2, 0.25) is 0 Å². The number of carbonyl (C=O) groups is 1. The van der Waals surface area contributed by atoms with E-state index < -0.39 is 12.1 Å². The van der Waals surface area contributed by atoms with Gasteiger partial charge in [-0.2, -0.15) is 11.8 Å². The summed E-state index contributed by atoms with van der Waals surface area (Å²) in [5.41, 5.74) is 0.953. The van der Waals surface area contributed by atoms with Gasteiger partial charge in [0, 0.05) is 16.9 Å². The van der Waals surface area contributed by atoms with Crippen molar-refractivity contribution in [1.29, 1.82) is 0 Å². The Balaban J connectivity index is 1.49. The second-order valence-electron chi connectivity index (χ2n) is 7.62. The fourth-order valence-corrected chi connectivity index (χ4v) is 6.45. The maximum Gasteiger partial charge on any atom is 0.303 e. The Labute approximate surface area is 160 Å². The number of aliphatic hydroxyl groups is 1. The maximum atomic E-state index is 10.6. The van der Waals surface area contributed by atoms with Crippen molar-refractivity contribution in [2.45, 2.75) is 68.0 Å². The molecular weight excluding hydrogens is 344 g/mol. The minimum absolute atomic E-state index is 0.298. The summed E-state index contributed by atoms with van der Waals surface area (Å²) in [5.74, 6) is 0.616. The van der Waals surface area contributed by atoms with Gasteiger partial charge >= 0.3 is 5.97 Å². The molecule has 4 heteroatoms. The molecule has 0 spiro atoms. The second kappa shape index (κ2) is 9.61. The third-order valence-electron chi connectivity index (χ3n) is 5.82. The van der Waals surface area contributed by atoms with Crippen molar-refractivity contribution < 1.29 is 15.0 Å². The predicted molar refractivity (Wildman–Crippen MR) is 107 cm³/mol. The van der Waals surface area contributed by atoms with Gasteiger partial charge in [0.15, 0.2) is 0 Å². The van der Waals surface area contributed by atoms with Gasteiger partial charge in [0.05, 0.1) is 6.10 Å². The minimum Gasteiger partial charge on any atom is -0.481 e. The smallest absolute Gasteiger partial charge is 0.303 e. The average Bonchev–Trinajstić information content (AvgIpc) is 3.24. The highest BCUT2D eigenvalue weighted by Crippen LogP contribution is 2.55. The number of aliphatic carboxylic acids is 1. The summed E-state index contributed by atoms with van der Waals surface area (Å²) in [6, 6.07) is 9.84. The fourth-order valence-electron chi connectivity index (χ4n) is 4.46. The van der Waals surface area contributed by atoms with E-state index >= 15 is 0 Å². The number of benzene rings is 1. The number of fused-ring (bicyclic) bond motifs is 2. The highest BCUT2D eigenvalue weighted by molar-refractivity contribution is 8.01. The number of hydrogen-bond acceptors (Lipinski definition) is 3. The van der Waals surface area contributed by atoms with Crippen LogP contribution in [0.25, 0.3) is 0 Å². The van der Waals surface area contributed by atoms with Gasteiger partial charge in [-0.3, -0.25) is 4.79 Å². The minimum atomic E-state index is -0.684. The number of carboxylic acids is 1. The fraction of sp³-hybridized carbons (Fsp3) is 0.591. The largest absolute Gasteiger partial charge is 0.481 e. The van der Waals surface area contributed by atoms with Crippen molar-refractivity contribution in [3.05, 3.63) is 48.0 Å². The molecular formula is C22H30O3S. The lowest BCUT2D eigenvalue weighted by Gasteiger charge is -2.28. The molecule has 2 aliphatic heterocycles. The predicted octanol–water partition coefficient (Wildman–Crippen LogP) is 5.21. The zero-order valence-corrected chi connectivity index (χ0v) is 16.1. The molecule has 2 fully saturated rings. The summed E-state index contributed by atoms with van der Waals surface area (Å²) in [6.45, 7) is 0. The second-order valence-corrected chi connectivity index (χ2v) is 9.10. The molecule has 3 rings (SSSR count). The van der Waals surface area contributed by atoms with Crippen LogP contribution in [-0.4, -0.2) is 26.7 Å². The molecule has 0 radical (unpaired) electrons. The van der Waals surface area contributed by atoms with Gasteiger partial charge in [-0.05, 0) is 43.1 Å². The van der Waals surface area contributed by atoms with Crippen molar-refractivity contribution in [2.75, 3.05) is 0 Å². The lowest BCUT2D eigenvalue weighted by Crippen LogP contribution is -2.25. The summed E-state index contributed by atoms with van der Waals surface area (Å²) >= 11 is 2.16. The van der Waals surface area contributed by atoms with E-state index in [0.29, 0.717) is 12.3 Å². The Kier molecular flexibility index (Phi) is 7.21. The normalized spacial score (nSPS) is 28.7. The molecule has 2 bridgehead atoms. The van der Waals surface area contributed by atoms with E-state index in [1.807, 2.05) is 36.4 Å². The van der Waals surface area contributed by atoms with Gasteiger partial charge in [-0.1, -0.05) is 61.7 Å². The monoisotopic (exact) mass is 374 g/mol. The summed E-state index contributed by atoms with van der Waals surface area (Å²) in [5, 5.41) is 20.6. The Morgan fingerprint density at radius 1 is 1.12 bits per heavy atom. The summed E-state index contributed by atoms with van der Waals surface area (Å²) in [7, 11) is 0. The van der Waals surface area contributed by atoms with Crippen LogP contribution >= 0.6 is 11.8 Å². The zero-order valence-electron chi connectivity index (χ0n) is 15.3. The number of rotatable bonds is 10. The third kappa shape index (κ3) is 5.14. The summed E-state index contributed by atoms with van der Waals surface area (Å²) in [6.07, 6.45) is 12.1. The molecule has 142 valence electrons. The van der Waals surface area contributed by atoms with E-state index in [4.69, 9.17) is 5.11 Å². The average molecular weight is 375 g/mol. The van der Waals surface area contributed by atoms with Crippen molar-refractivity contribution in [1.82, 2.24) is 0 Å². The Morgan fingerprint density at radius 3 is 2.62 bits per heavy atom. The van der Waals surface area contributed by atoms with Gasteiger partial charge < -0.3 is 10.2 Å². The van der Waals surface area contributed by atoms with E-state index in [1.165, 1.54) is 25.7 Å². The molecule has 0 saturated carbocycles. The van der Waals surface area contributed by atoms with Gasteiger partial charge in [-0.25, -0.2) is 0 Å². The Bertz CT molecular complexity index is 601. The van der Waals surface area contributed by atoms with Crippen LogP contribution in [0, 0.1) is 11.8 Å². The molecule has 1 unspecified atom stereocenters. The van der Waals surface area contributed by atoms with Crippen LogP contribution in [0.15, 0.2) is 42.5 Å². The number of thioether (sulfide) groups is 1. The SMILES string of the molecule is O=C(O)CCCCCC[C@@H]1[C@H](C=CC(O)c2ccccc2)[C@@H]2CC[C@H]1S2. The number of allylic oxidation sites excluding steroid dienone is 1. The molecule has 3 nitrogen and oxygen atoms in total. The van der Waals surface area contributed by atoms with Gasteiger partial charge in [0.1, 0.15) is 0 Å². The van der Waals surface area contributed by atoms with Crippen LogP contribution < -0.4 is 0 Å². The maximum absolute atomic E-state index is 10.6. The van der Waals surface area contributed by atoms with E-state index in [1.54, 1.807) is 0 Å². The van der Waals surface area contributed by atoms with Gasteiger partial charge in [0.2, 0.25) is 0 Å². The van der Waals surface area contributed by atoms with Crippen LogP contribution in [0.3, 0.4) is 0 Å².